The fourth-order valence-corrected chi connectivity index (χ4v) is 2.69. The molecule has 4 nitrogen and oxygen atoms in total. The van der Waals surface area contributed by atoms with E-state index in [2.05, 4.69) is 61.5 Å². The molecule has 1 amide bonds. The van der Waals surface area contributed by atoms with Crippen molar-refractivity contribution in [3.05, 3.63) is 59.4 Å². The summed E-state index contributed by atoms with van der Waals surface area (Å²) in [7, 11) is 0. The van der Waals surface area contributed by atoms with Crippen LogP contribution < -0.4 is 10.6 Å². The number of anilines is 1. The smallest absolute Gasteiger partial charge is 0.238 e. The van der Waals surface area contributed by atoms with Gasteiger partial charge >= 0.3 is 0 Å². The van der Waals surface area contributed by atoms with Crippen molar-refractivity contribution in [1.82, 2.24) is 10.3 Å². The first kappa shape index (κ1) is 18.1. The molecule has 1 heterocycles. The number of para-hydroxylation sites is 1. The van der Waals surface area contributed by atoms with E-state index >= 15 is 0 Å². The lowest BCUT2D eigenvalue weighted by Crippen LogP contribution is -2.29. The molecule has 4 heteroatoms. The maximum Gasteiger partial charge on any atom is 0.238 e. The predicted octanol–water partition coefficient (Wildman–Crippen LogP) is 4.06. The summed E-state index contributed by atoms with van der Waals surface area (Å²) in [6.45, 7) is 9.43. The van der Waals surface area contributed by atoms with Gasteiger partial charge in [-0.3, -0.25) is 9.78 Å². The van der Waals surface area contributed by atoms with Crippen LogP contribution in [0.4, 0.5) is 5.69 Å². The highest BCUT2D eigenvalue weighted by Gasteiger charge is 2.15. The lowest BCUT2D eigenvalue weighted by atomic mass is 9.92. The number of nitrogens with zero attached hydrogens (tertiary/aromatic N) is 1. The fraction of sp³-hybridized carbons (Fsp3) is 0.400. The summed E-state index contributed by atoms with van der Waals surface area (Å²) < 4.78 is 0. The zero-order valence-corrected chi connectivity index (χ0v) is 15.0. The molecule has 0 aliphatic heterocycles. The number of aromatic nitrogens is 1. The Morgan fingerprint density at radius 1 is 1.00 bits per heavy atom. The Bertz CT molecular complexity index is 640. The number of amides is 1. The Labute approximate surface area is 144 Å². The molecule has 128 valence electrons. The van der Waals surface area contributed by atoms with Gasteiger partial charge < -0.3 is 10.6 Å². The molecule has 0 saturated carbocycles. The van der Waals surface area contributed by atoms with E-state index in [1.54, 1.807) is 6.20 Å². The van der Waals surface area contributed by atoms with E-state index in [1.165, 1.54) is 11.1 Å². The largest absolute Gasteiger partial charge is 0.324 e. The molecule has 0 aliphatic rings. The molecule has 0 saturated heterocycles. The third-order valence-electron chi connectivity index (χ3n) is 3.96. The highest BCUT2D eigenvalue weighted by Crippen LogP contribution is 2.32. The van der Waals surface area contributed by atoms with E-state index in [0.717, 1.165) is 11.4 Å². The van der Waals surface area contributed by atoms with Crippen LogP contribution in [0.2, 0.25) is 0 Å². The van der Waals surface area contributed by atoms with Gasteiger partial charge in [0, 0.05) is 18.4 Å². The van der Waals surface area contributed by atoms with Crippen molar-refractivity contribution in [3.8, 4) is 0 Å². The lowest BCUT2D eigenvalue weighted by molar-refractivity contribution is -0.115. The first-order valence-corrected chi connectivity index (χ1v) is 8.52. The molecule has 0 radical (unpaired) electrons. The van der Waals surface area contributed by atoms with E-state index in [-0.39, 0.29) is 12.5 Å². The van der Waals surface area contributed by atoms with Crippen molar-refractivity contribution in [2.24, 2.45) is 0 Å². The predicted molar refractivity (Wildman–Crippen MR) is 99.2 cm³/mol. The zero-order valence-electron chi connectivity index (χ0n) is 15.0. The molecule has 0 spiro atoms. The average Bonchev–Trinajstić information content (AvgIpc) is 2.55. The number of hydrogen-bond donors (Lipinski definition) is 2. The summed E-state index contributed by atoms with van der Waals surface area (Å²) in [5.74, 6) is 0.696. The Morgan fingerprint density at radius 3 is 2.21 bits per heavy atom. The van der Waals surface area contributed by atoms with Gasteiger partial charge in [0.15, 0.2) is 0 Å². The van der Waals surface area contributed by atoms with Gasteiger partial charge in [-0.2, -0.15) is 0 Å². The third kappa shape index (κ3) is 4.90. The third-order valence-corrected chi connectivity index (χ3v) is 3.96. The van der Waals surface area contributed by atoms with Crippen molar-refractivity contribution in [1.29, 1.82) is 0 Å². The minimum Gasteiger partial charge on any atom is -0.324 e. The number of carbonyl (C=O) groups excluding carboxylic acids is 1. The number of benzene rings is 1. The molecule has 0 fully saturated rings. The van der Waals surface area contributed by atoms with Crippen LogP contribution in [0, 0.1) is 0 Å². The number of carbonyl (C=O) groups is 1. The molecular weight excluding hydrogens is 298 g/mol. The zero-order chi connectivity index (χ0) is 17.5. The van der Waals surface area contributed by atoms with Crippen molar-refractivity contribution in [2.45, 2.75) is 46.1 Å². The highest BCUT2D eigenvalue weighted by atomic mass is 16.1. The van der Waals surface area contributed by atoms with Gasteiger partial charge in [0.2, 0.25) is 5.91 Å². The van der Waals surface area contributed by atoms with Crippen molar-refractivity contribution < 1.29 is 4.79 Å². The molecule has 1 aromatic carbocycles. The van der Waals surface area contributed by atoms with Gasteiger partial charge in [-0.1, -0.05) is 52.0 Å². The highest BCUT2D eigenvalue weighted by molar-refractivity contribution is 5.94. The lowest BCUT2D eigenvalue weighted by Gasteiger charge is -2.20. The summed E-state index contributed by atoms with van der Waals surface area (Å²) in [6.07, 6.45) is 1.75. The van der Waals surface area contributed by atoms with Gasteiger partial charge in [0.25, 0.3) is 0 Å². The first-order chi connectivity index (χ1) is 11.5. The molecular formula is C20H27N3O. The standard InChI is InChI=1S/C20H27N3O/c1-14(2)17-9-7-10-18(15(3)4)20(17)23-19(24)13-21-12-16-8-5-6-11-22-16/h5-11,14-15,21H,12-13H2,1-4H3,(H,23,24). The van der Waals surface area contributed by atoms with Crippen LogP contribution in [0.5, 0.6) is 0 Å². The number of rotatable bonds is 7. The molecule has 0 unspecified atom stereocenters. The Morgan fingerprint density at radius 2 is 1.67 bits per heavy atom. The second-order valence-corrected chi connectivity index (χ2v) is 6.59. The minimum absolute atomic E-state index is 0.0269. The maximum absolute atomic E-state index is 12.4. The van der Waals surface area contributed by atoms with Crippen LogP contribution >= 0.6 is 0 Å². The second-order valence-electron chi connectivity index (χ2n) is 6.59. The van der Waals surface area contributed by atoms with Gasteiger partial charge in [0.05, 0.1) is 12.2 Å². The summed E-state index contributed by atoms with van der Waals surface area (Å²) in [4.78, 5) is 16.6. The first-order valence-electron chi connectivity index (χ1n) is 8.52. The normalized spacial score (nSPS) is 11.1. The van der Waals surface area contributed by atoms with E-state index in [4.69, 9.17) is 0 Å². The Balaban J connectivity index is 2.02. The summed E-state index contributed by atoms with van der Waals surface area (Å²) in [5, 5.41) is 6.25. The van der Waals surface area contributed by atoms with Gasteiger partial charge in [0.1, 0.15) is 0 Å². The monoisotopic (exact) mass is 325 g/mol. The molecule has 2 rings (SSSR count). The van der Waals surface area contributed by atoms with Crippen molar-refractivity contribution >= 4 is 11.6 Å². The summed E-state index contributed by atoms with van der Waals surface area (Å²) in [5.41, 5.74) is 4.25. The van der Waals surface area contributed by atoms with Crippen LogP contribution in [-0.2, 0) is 11.3 Å². The van der Waals surface area contributed by atoms with Crippen molar-refractivity contribution in [2.75, 3.05) is 11.9 Å². The van der Waals surface area contributed by atoms with Crippen LogP contribution in [0.25, 0.3) is 0 Å². The van der Waals surface area contributed by atoms with Gasteiger partial charge in [-0.05, 0) is 35.1 Å². The topological polar surface area (TPSA) is 54.0 Å². The average molecular weight is 325 g/mol. The second kappa shape index (κ2) is 8.60. The molecule has 0 bridgehead atoms. The number of nitrogens with one attached hydrogen (secondary N) is 2. The van der Waals surface area contributed by atoms with E-state index in [9.17, 15) is 4.79 Å². The van der Waals surface area contributed by atoms with E-state index in [0.29, 0.717) is 18.4 Å². The number of hydrogen-bond acceptors (Lipinski definition) is 3. The summed E-state index contributed by atoms with van der Waals surface area (Å²) in [6, 6.07) is 12.0. The van der Waals surface area contributed by atoms with Crippen LogP contribution in [0.1, 0.15) is 56.4 Å². The van der Waals surface area contributed by atoms with E-state index in [1.807, 2.05) is 18.2 Å². The Kier molecular flexibility index (Phi) is 6.50. The SMILES string of the molecule is CC(C)c1cccc(C(C)C)c1NC(=O)CNCc1ccccn1. The van der Waals surface area contributed by atoms with E-state index < -0.39 is 0 Å². The molecule has 24 heavy (non-hydrogen) atoms. The molecule has 2 N–H and O–H groups in total. The minimum atomic E-state index is -0.0269. The van der Waals surface area contributed by atoms with Gasteiger partial charge in [-0.15, -0.1) is 0 Å². The maximum atomic E-state index is 12.4. The van der Waals surface area contributed by atoms with Crippen LogP contribution in [-0.4, -0.2) is 17.4 Å². The fourth-order valence-electron chi connectivity index (χ4n) is 2.69. The van der Waals surface area contributed by atoms with Crippen LogP contribution in [0.15, 0.2) is 42.6 Å². The Hall–Kier alpha value is -2.20. The molecule has 0 atom stereocenters. The molecule has 1 aromatic heterocycles. The molecule has 2 aromatic rings. The van der Waals surface area contributed by atoms with Crippen LogP contribution in [0.3, 0.4) is 0 Å². The summed E-state index contributed by atoms with van der Waals surface area (Å²) >= 11 is 0. The number of pyridine rings is 1. The van der Waals surface area contributed by atoms with Gasteiger partial charge in [-0.25, -0.2) is 0 Å². The molecule has 0 aliphatic carbocycles. The van der Waals surface area contributed by atoms with Crippen molar-refractivity contribution in [3.63, 3.8) is 0 Å². The quantitative estimate of drug-likeness (QED) is 0.807.